The molecule has 2 N–H and O–H groups in total. The molecule has 3 nitrogen and oxygen atoms in total. The number of aromatic amines is 1. The zero-order valence-electron chi connectivity index (χ0n) is 20.0. The van der Waals surface area contributed by atoms with Crippen molar-refractivity contribution in [2.45, 2.75) is 105 Å². The molecule has 1 aromatic carbocycles. The van der Waals surface area contributed by atoms with Crippen molar-refractivity contribution < 1.29 is 5.11 Å². The van der Waals surface area contributed by atoms with Gasteiger partial charge in [0, 0.05) is 22.1 Å². The van der Waals surface area contributed by atoms with Crippen LogP contribution in [0.3, 0.4) is 0 Å². The van der Waals surface area contributed by atoms with Gasteiger partial charge in [-0.3, -0.25) is 0 Å². The van der Waals surface area contributed by atoms with Crippen LogP contribution in [0.4, 0.5) is 0 Å². The lowest BCUT2D eigenvalue weighted by Gasteiger charge is -2.27. The maximum absolute atomic E-state index is 11.2. The molecule has 0 fully saturated rings. The zero-order chi connectivity index (χ0) is 21.9. The summed E-state index contributed by atoms with van der Waals surface area (Å²) in [6.07, 6.45) is 0. The molecule has 0 radical (unpaired) electrons. The molecule has 0 aliphatic rings. The second-order valence-corrected chi connectivity index (χ2v) is 12.2. The summed E-state index contributed by atoms with van der Waals surface area (Å²) < 4.78 is 0. The molecular formula is C25H40N2O. The van der Waals surface area contributed by atoms with Crippen LogP contribution in [0.1, 0.15) is 106 Å². The van der Waals surface area contributed by atoms with Crippen LogP contribution < -0.4 is 0 Å². The number of phenols is 1. The molecule has 0 atom stereocenters. The lowest BCUT2D eigenvalue weighted by Crippen LogP contribution is -2.21. The highest BCUT2D eigenvalue weighted by Crippen LogP contribution is 2.43. The molecule has 1 aromatic heterocycles. The van der Waals surface area contributed by atoms with E-state index in [1.807, 2.05) is 0 Å². The Balaban J connectivity index is 2.87. The first kappa shape index (κ1) is 22.5. The van der Waals surface area contributed by atoms with E-state index in [9.17, 15) is 5.11 Å². The Morgan fingerprint density at radius 1 is 0.714 bits per heavy atom. The molecule has 2 aromatic rings. The highest BCUT2D eigenvalue weighted by Gasteiger charge is 2.32. The summed E-state index contributed by atoms with van der Waals surface area (Å²) in [5.74, 6) is 1.08. The normalized spacial score (nSPS) is 13.9. The number of nitrogens with one attached hydrogen (secondary N) is 1. The summed E-state index contributed by atoms with van der Waals surface area (Å²) in [6.45, 7) is 26.2. The molecule has 0 unspecified atom stereocenters. The summed E-state index contributed by atoms with van der Waals surface area (Å²) in [4.78, 5) is 8.58. The number of rotatable bonds is 1. The molecule has 0 saturated carbocycles. The smallest absolute Gasteiger partial charge is 0.141 e. The van der Waals surface area contributed by atoms with Crippen molar-refractivity contribution in [1.29, 1.82) is 0 Å². The molecule has 3 heteroatoms. The zero-order valence-corrected chi connectivity index (χ0v) is 20.0. The van der Waals surface area contributed by atoms with Crippen molar-refractivity contribution in [2.75, 3.05) is 0 Å². The largest absolute Gasteiger partial charge is 0.507 e. The number of phenolic OH excluding ortho intramolecular Hbond substituents is 1. The molecule has 0 saturated heterocycles. The number of nitrogens with zero attached hydrogens (tertiary/aromatic N) is 1. The van der Waals surface area contributed by atoms with Crippen molar-refractivity contribution in [3.05, 3.63) is 34.6 Å². The minimum Gasteiger partial charge on any atom is -0.507 e. The molecule has 0 bridgehead atoms. The van der Waals surface area contributed by atoms with Crippen molar-refractivity contribution in [3.8, 4) is 17.1 Å². The highest BCUT2D eigenvalue weighted by molar-refractivity contribution is 5.70. The maximum atomic E-state index is 11.2. The van der Waals surface area contributed by atoms with Gasteiger partial charge in [-0.25, -0.2) is 4.98 Å². The molecule has 28 heavy (non-hydrogen) atoms. The van der Waals surface area contributed by atoms with Crippen LogP contribution in [0.15, 0.2) is 12.1 Å². The quantitative estimate of drug-likeness (QED) is 0.557. The first-order valence-electron chi connectivity index (χ1n) is 10.3. The average molecular weight is 385 g/mol. The number of aromatic hydroxyl groups is 1. The van der Waals surface area contributed by atoms with Gasteiger partial charge in [-0.2, -0.15) is 0 Å². The van der Waals surface area contributed by atoms with E-state index >= 15 is 0 Å². The van der Waals surface area contributed by atoms with Gasteiger partial charge in [0.25, 0.3) is 0 Å². The summed E-state index contributed by atoms with van der Waals surface area (Å²) in [7, 11) is 0. The molecule has 0 spiro atoms. The minimum atomic E-state index is -0.160. The van der Waals surface area contributed by atoms with Gasteiger partial charge in [-0.15, -0.1) is 0 Å². The van der Waals surface area contributed by atoms with Gasteiger partial charge in [0.15, 0.2) is 0 Å². The Hall–Kier alpha value is -1.77. The molecular weight excluding hydrogens is 344 g/mol. The Kier molecular flexibility index (Phi) is 5.34. The number of aromatic nitrogens is 2. The second kappa shape index (κ2) is 6.64. The van der Waals surface area contributed by atoms with Gasteiger partial charge in [0.2, 0.25) is 0 Å². The molecule has 1 heterocycles. The highest BCUT2D eigenvalue weighted by atomic mass is 16.3. The van der Waals surface area contributed by atoms with Crippen LogP contribution in [0.5, 0.6) is 5.75 Å². The first-order chi connectivity index (χ1) is 12.3. The van der Waals surface area contributed by atoms with Crippen LogP contribution in [0.25, 0.3) is 11.4 Å². The number of benzene rings is 1. The standard InChI is InChI=1S/C25H40N2O/c1-22(2,3)15-13-16(18(28)17(14-15)23(4,5)6)21-26-19(24(7,8)9)20(27-21)25(10,11)12/h13-14,28H,1-12H3,(H,26,27). The van der Waals surface area contributed by atoms with Crippen molar-refractivity contribution in [2.24, 2.45) is 0 Å². The molecule has 0 aliphatic heterocycles. The van der Waals surface area contributed by atoms with E-state index in [2.05, 4.69) is 100 Å². The van der Waals surface area contributed by atoms with Crippen molar-refractivity contribution >= 4 is 0 Å². The number of H-pyrrole nitrogens is 1. The topological polar surface area (TPSA) is 48.9 Å². The van der Waals surface area contributed by atoms with Gasteiger partial charge in [0.1, 0.15) is 11.6 Å². The summed E-state index contributed by atoms with van der Waals surface area (Å²) >= 11 is 0. The fourth-order valence-electron chi connectivity index (χ4n) is 3.41. The Labute approximate surface area is 172 Å². The predicted octanol–water partition coefficient (Wildman–Crippen LogP) is 6.97. The van der Waals surface area contributed by atoms with E-state index in [1.54, 1.807) is 0 Å². The van der Waals surface area contributed by atoms with Crippen LogP contribution in [-0.4, -0.2) is 15.1 Å². The SMILES string of the molecule is CC(C)(C)c1cc(-c2nc(C(C)(C)C)c(C(C)(C)C)[nH]2)c(O)c(C(C)(C)C)c1. The third kappa shape index (κ3) is 4.45. The Morgan fingerprint density at radius 3 is 1.61 bits per heavy atom. The molecule has 2 rings (SSSR count). The van der Waals surface area contributed by atoms with Crippen molar-refractivity contribution in [1.82, 2.24) is 9.97 Å². The molecule has 156 valence electrons. The van der Waals surface area contributed by atoms with Crippen LogP contribution in [0.2, 0.25) is 0 Å². The predicted molar refractivity (Wildman–Crippen MR) is 120 cm³/mol. The van der Waals surface area contributed by atoms with Gasteiger partial charge >= 0.3 is 0 Å². The first-order valence-corrected chi connectivity index (χ1v) is 10.3. The number of hydrogen-bond donors (Lipinski definition) is 2. The van der Waals surface area contributed by atoms with E-state index in [0.29, 0.717) is 5.75 Å². The van der Waals surface area contributed by atoms with E-state index in [-0.39, 0.29) is 21.7 Å². The van der Waals surface area contributed by atoms with Crippen LogP contribution in [-0.2, 0) is 21.7 Å². The molecule has 0 amide bonds. The van der Waals surface area contributed by atoms with Gasteiger partial charge in [0.05, 0.1) is 11.3 Å². The van der Waals surface area contributed by atoms with Crippen LogP contribution in [0, 0.1) is 0 Å². The van der Waals surface area contributed by atoms with E-state index < -0.39 is 0 Å². The number of imidazole rings is 1. The van der Waals surface area contributed by atoms with E-state index in [1.165, 1.54) is 5.56 Å². The fraction of sp³-hybridized carbons (Fsp3) is 0.640. The summed E-state index contributed by atoms with van der Waals surface area (Å²) in [5.41, 5.74) is 4.83. The Bertz CT molecular complexity index is 829. The lowest BCUT2D eigenvalue weighted by molar-refractivity contribution is 0.446. The van der Waals surface area contributed by atoms with Gasteiger partial charge < -0.3 is 10.1 Å². The third-order valence-corrected chi connectivity index (χ3v) is 5.20. The lowest BCUT2D eigenvalue weighted by atomic mass is 9.79. The van der Waals surface area contributed by atoms with Crippen molar-refractivity contribution in [3.63, 3.8) is 0 Å². The average Bonchev–Trinajstić information content (AvgIpc) is 2.90. The second-order valence-electron chi connectivity index (χ2n) is 12.2. The van der Waals surface area contributed by atoms with Gasteiger partial charge in [-0.1, -0.05) is 89.2 Å². The fourth-order valence-corrected chi connectivity index (χ4v) is 3.41. The number of hydrogen-bond acceptors (Lipinski definition) is 2. The van der Waals surface area contributed by atoms with Crippen LogP contribution >= 0.6 is 0 Å². The van der Waals surface area contributed by atoms with E-state index in [0.717, 1.165) is 28.3 Å². The van der Waals surface area contributed by atoms with E-state index in [4.69, 9.17) is 4.98 Å². The Morgan fingerprint density at radius 2 is 1.25 bits per heavy atom. The molecule has 0 aliphatic carbocycles. The monoisotopic (exact) mass is 384 g/mol. The summed E-state index contributed by atoms with van der Waals surface area (Å²) in [5, 5.41) is 11.2. The minimum absolute atomic E-state index is 0.0191. The van der Waals surface area contributed by atoms with Gasteiger partial charge in [-0.05, 0) is 22.5 Å². The maximum Gasteiger partial charge on any atom is 0.141 e. The third-order valence-electron chi connectivity index (χ3n) is 5.20. The summed E-state index contributed by atoms with van der Waals surface area (Å²) in [6, 6.07) is 4.25.